The summed E-state index contributed by atoms with van der Waals surface area (Å²) in [5.74, 6) is 0.495. The molecule has 5 nitrogen and oxygen atoms in total. The van der Waals surface area contributed by atoms with Gasteiger partial charge in [-0.2, -0.15) is 5.10 Å². The average Bonchev–Trinajstić information content (AvgIpc) is 2.76. The molecule has 0 radical (unpaired) electrons. The number of hydrogen-bond acceptors (Lipinski definition) is 4. The van der Waals surface area contributed by atoms with Crippen LogP contribution in [0.3, 0.4) is 0 Å². The van der Waals surface area contributed by atoms with Gasteiger partial charge in [-0.15, -0.1) is 0 Å². The fraction of sp³-hybridized carbons (Fsp3) is 0.250. The van der Waals surface area contributed by atoms with E-state index < -0.39 is 7.12 Å². The molecule has 0 spiro atoms. The summed E-state index contributed by atoms with van der Waals surface area (Å²) >= 11 is 0. The van der Waals surface area contributed by atoms with Crippen LogP contribution in [0.2, 0.25) is 0 Å². The van der Waals surface area contributed by atoms with Crippen LogP contribution >= 0.6 is 0 Å². The number of aryl methyl sites for hydroxylation is 1. The molecule has 0 aliphatic heterocycles. The highest BCUT2D eigenvalue weighted by atomic mass is 16.5. The van der Waals surface area contributed by atoms with Crippen LogP contribution in [0.15, 0.2) is 36.5 Å². The van der Waals surface area contributed by atoms with Crippen molar-refractivity contribution in [3.63, 3.8) is 0 Å². The Morgan fingerprint density at radius 1 is 1.28 bits per heavy atom. The number of hydrogen-bond donors (Lipinski definition) is 2. The highest BCUT2D eigenvalue weighted by molar-refractivity contribution is 6.59. The first-order chi connectivity index (χ1) is 8.68. The number of para-hydroxylation sites is 1. The molecule has 1 aromatic carbocycles. The van der Waals surface area contributed by atoms with E-state index in [9.17, 15) is 10.0 Å². The molecule has 18 heavy (non-hydrogen) atoms. The Kier molecular flexibility index (Phi) is 4.01. The Morgan fingerprint density at radius 3 is 2.72 bits per heavy atom. The van der Waals surface area contributed by atoms with E-state index in [1.807, 2.05) is 13.1 Å². The van der Waals surface area contributed by atoms with E-state index >= 15 is 0 Å². The SMILES string of the molecule is Cn1nccc1CCOc1ccccc1B(O)O. The minimum Gasteiger partial charge on any atom is -0.494 e. The zero-order valence-electron chi connectivity index (χ0n) is 10.2. The van der Waals surface area contributed by atoms with Crippen molar-refractivity contribution in [3.8, 4) is 5.75 Å². The van der Waals surface area contributed by atoms with Crippen molar-refractivity contribution < 1.29 is 14.8 Å². The Morgan fingerprint density at radius 2 is 2.06 bits per heavy atom. The highest BCUT2D eigenvalue weighted by Gasteiger charge is 2.16. The van der Waals surface area contributed by atoms with E-state index in [1.165, 1.54) is 0 Å². The van der Waals surface area contributed by atoms with Crippen LogP contribution in [0.25, 0.3) is 0 Å². The molecule has 2 rings (SSSR count). The Balaban J connectivity index is 1.96. The van der Waals surface area contributed by atoms with E-state index in [0.717, 1.165) is 5.69 Å². The first kappa shape index (κ1) is 12.7. The molecule has 1 aromatic heterocycles. The lowest BCUT2D eigenvalue weighted by atomic mass is 9.79. The third-order valence-corrected chi connectivity index (χ3v) is 2.74. The molecular formula is C12H15BN2O3. The van der Waals surface area contributed by atoms with Crippen molar-refractivity contribution in [1.29, 1.82) is 0 Å². The van der Waals surface area contributed by atoms with E-state index in [2.05, 4.69) is 5.10 Å². The third-order valence-electron chi connectivity index (χ3n) is 2.74. The van der Waals surface area contributed by atoms with Crippen molar-refractivity contribution >= 4 is 12.6 Å². The predicted molar refractivity (Wildman–Crippen MR) is 68.7 cm³/mol. The van der Waals surface area contributed by atoms with Gasteiger partial charge in [-0.3, -0.25) is 4.68 Å². The van der Waals surface area contributed by atoms with Crippen molar-refractivity contribution in [2.45, 2.75) is 6.42 Å². The topological polar surface area (TPSA) is 67.5 Å². The standard InChI is InChI=1S/C12H15BN2O3/c1-15-10(6-8-14-15)7-9-18-12-5-3-2-4-11(12)13(16)17/h2-6,8,16-17H,7,9H2,1H3. The maximum Gasteiger partial charge on any atom is 0.492 e. The maximum absolute atomic E-state index is 9.19. The highest BCUT2D eigenvalue weighted by Crippen LogP contribution is 2.08. The number of rotatable bonds is 5. The zero-order chi connectivity index (χ0) is 13.0. The summed E-state index contributed by atoms with van der Waals surface area (Å²) in [7, 11) is 0.360. The lowest BCUT2D eigenvalue weighted by Crippen LogP contribution is -2.31. The fourth-order valence-corrected chi connectivity index (χ4v) is 1.74. The second kappa shape index (κ2) is 5.70. The monoisotopic (exact) mass is 246 g/mol. The summed E-state index contributed by atoms with van der Waals surface area (Å²) in [4.78, 5) is 0. The number of benzene rings is 1. The summed E-state index contributed by atoms with van der Waals surface area (Å²) < 4.78 is 7.35. The van der Waals surface area contributed by atoms with E-state index in [4.69, 9.17) is 4.74 Å². The minimum absolute atomic E-state index is 0.377. The van der Waals surface area contributed by atoms with E-state index in [0.29, 0.717) is 24.2 Å². The molecule has 2 N–H and O–H groups in total. The third kappa shape index (κ3) is 2.91. The van der Waals surface area contributed by atoms with Crippen LogP contribution in [-0.2, 0) is 13.5 Å². The molecule has 94 valence electrons. The van der Waals surface area contributed by atoms with Crippen LogP contribution in [0.5, 0.6) is 5.75 Å². The van der Waals surface area contributed by atoms with Gasteiger partial charge in [0.1, 0.15) is 5.75 Å². The molecule has 6 heteroatoms. The molecular weight excluding hydrogens is 231 g/mol. The van der Waals surface area contributed by atoms with Crippen molar-refractivity contribution in [3.05, 3.63) is 42.2 Å². The fourth-order valence-electron chi connectivity index (χ4n) is 1.74. The Bertz CT molecular complexity index is 514. The summed E-state index contributed by atoms with van der Waals surface area (Å²) in [6.07, 6.45) is 2.45. The van der Waals surface area contributed by atoms with Crippen LogP contribution < -0.4 is 10.2 Å². The molecule has 0 saturated carbocycles. The van der Waals surface area contributed by atoms with E-state index in [-0.39, 0.29) is 0 Å². The number of aromatic nitrogens is 2. The molecule has 0 fully saturated rings. The molecule has 0 saturated heterocycles. The molecule has 0 aliphatic carbocycles. The Hall–Kier alpha value is -1.79. The first-order valence-electron chi connectivity index (χ1n) is 5.73. The molecule has 0 amide bonds. The average molecular weight is 246 g/mol. The van der Waals surface area contributed by atoms with Gasteiger partial charge in [0.2, 0.25) is 0 Å². The van der Waals surface area contributed by atoms with Gasteiger partial charge in [0, 0.05) is 30.8 Å². The predicted octanol–water partition coefficient (Wildman–Crippen LogP) is -0.279. The van der Waals surface area contributed by atoms with Gasteiger partial charge >= 0.3 is 7.12 Å². The van der Waals surface area contributed by atoms with E-state index in [1.54, 1.807) is 35.1 Å². The Labute approximate surface area is 106 Å². The quantitative estimate of drug-likeness (QED) is 0.712. The molecule has 2 aromatic rings. The summed E-state index contributed by atoms with van der Waals surface area (Å²) in [6.45, 7) is 0.462. The lowest BCUT2D eigenvalue weighted by Gasteiger charge is -2.10. The zero-order valence-corrected chi connectivity index (χ0v) is 10.2. The van der Waals surface area contributed by atoms with Crippen molar-refractivity contribution in [2.24, 2.45) is 7.05 Å². The van der Waals surface area contributed by atoms with Gasteiger partial charge in [-0.1, -0.05) is 18.2 Å². The van der Waals surface area contributed by atoms with Crippen LogP contribution in [0.1, 0.15) is 5.69 Å². The van der Waals surface area contributed by atoms with Gasteiger partial charge < -0.3 is 14.8 Å². The number of nitrogens with zero attached hydrogens (tertiary/aromatic N) is 2. The molecule has 0 unspecified atom stereocenters. The first-order valence-corrected chi connectivity index (χ1v) is 5.73. The summed E-state index contributed by atoms with van der Waals surface area (Å²) in [5.41, 5.74) is 1.44. The van der Waals surface area contributed by atoms with Gasteiger partial charge in [0.25, 0.3) is 0 Å². The van der Waals surface area contributed by atoms with Gasteiger partial charge in [-0.05, 0) is 12.1 Å². The molecule has 0 bridgehead atoms. The second-order valence-electron chi connectivity index (χ2n) is 3.96. The molecule has 0 atom stereocenters. The van der Waals surface area contributed by atoms with Gasteiger partial charge in [0.15, 0.2) is 0 Å². The maximum atomic E-state index is 9.19. The van der Waals surface area contributed by atoms with Crippen molar-refractivity contribution in [2.75, 3.05) is 6.61 Å². The smallest absolute Gasteiger partial charge is 0.492 e. The molecule has 1 heterocycles. The summed E-state index contributed by atoms with van der Waals surface area (Å²) in [5, 5.41) is 22.5. The van der Waals surface area contributed by atoms with Crippen LogP contribution in [0, 0.1) is 0 Å². The molecule has 0 aliphatic rings. The minimum atomic E-state index is -1.52. The summed E-state index contributed by atoms with van der Waals surface area (Å²) in [6, 6.07) is 8.81. The van der Waals surface area contributed by atoms with Gasteiger partial charge in [-0.25, -0.2) is 0 Å². The van der Waals surface area contributed by atoms with Crippen LogP contribution in [0.4, 0.5) is 0 Å². The lowest BCUT2D eigenvalue weighted by molar-refractivity contribution is 0.318. The van der Waals surface area contributed by atoms with Crippen molar-refractivity contribution in [1.82, 2.24) is 9.78 Å². The largest absolute Gasteiger partial charge is 0.494 e. The van der Waals surface area contributed by atoms with Gasteiger partial charge in [0.05, 0.1) is 6.61 Å². The second-order valence-corrected chi connectivity index (χ2v) is 3.96. The van der Waals surface area contributed by atoms with Crippen LogP contribution in [-0.4, -0.2) is 33.6 Å². The normalized spacial score (nSPS) is 10.4. The number of ether oxygens (including phenoxy) is 1.